The van der Waals surface area contributed by atoms with E-state index < -0.39 is 11.2 Å². The Bertz CT molecular complexity index is 716. The van der Waals surface area contributed by atoms with Crippen LogP contribution in [0.4, 0.5) is 0 Å². The molecule has 2 rings (SSSR count). The molecule has 0 atom stereocenters. The summed E-state index contributed by atoms with van der Waals surface area (Å²) >= 11 is 1.57. The number of aryl methyl sites for hydroxylation is 1. The molecular weight excluding hydrogens is 280 g/mol. The predicted molar refractivity (Wildman–Crippen MR) is 78.5 cm³/mol. The third-order valence-electron chi connectivity index (χ3n) is 2.93. The van der Waals surface area contributed by atoms with Gasteiger partial charge in [-0.3, -0.25) is 14.3 Å². The number of H-pyrrole nitrogens is 1. The molecule has 0 unspecified atom stereocenters. The summed E-state index contributed by atoms with van der Waals surface area (Å²) in [4.78, 5) is 30.4. The van der Waals surface area contributed by atoms with Gasteiger partial charge in [-0.25, -0.2) is 9.78 Å². The fourth-order valence-electron chi connectivity index (χ4n) is 1.91. The van der Waals surface area contributed by atoms with Crippen LogP contribution in [0, 0.1) is 0 Å². The number of methoxy groups -OCH3 is 1. The topological polar surface area (TPSA) is 81.9 Å². The van der Waals surface area contributed by atoms with Gasteiger partial charge in [0.1, 0.15) is 0 Å². The van der Waals surface area contributed by atoms with Crippen LogP contribution in [0.25, 0.3) is 11.2 Å². The highest BCUT2D eigenvalue weighted by Crippen LogP contribution is 2.21. The summed E-state index contributed by atoms with van der Waals surface area (Å²) in [5.41, 5.74) is -0.0304. The second-order valence-electron chi connectivity index (χ2n) is 4.38. The number of imidazole rings is 1. The summed E-state index contributed by atoms with van der Waals surface area (Å²) in [5, 5.41) is 0.741. The molecule has 0 amide bonds. The smallest absolute Gasteiger partial charge is 0.329 e. The standard InChI is InChI=1S/C12H18N4O3S/c1-4-7-20-12-13-9-8(16(12)5-6-19-3)10(17)14-11(18)15(9)2/h4-7H2,1-3H3,(H,14,17,18). The van der Waals surface area contributed by atoms with Crippen LogP contribution in [-0.2, 0) is 18.3 Å². The van der Waals surface area contributed by atoms with Gasteiger partial charge >= 0.3 is 5.69 Å². The number of nitrogens with zero attached hydrogens (tertiary/aromatic N) is 3. The first kappa shape index (κ1) is 14.9. The van der Waals surface area contributed by atoms with Gasteiger partial charge in [0.05, 0.1) is 6.61 Å². The minimum Gasteiger partial charge on any atom is -0.383 e. The molecule has 2 aromatic rings. The Morgan fingerprint density at radius 3 is 2.80 bits per heavy atom. The molecule has 0 aliphatic rings. The maximum atomic E-state index is 12.0. The van der Waals surface area contributed by atoms with Crippen LogP contribution < -0.4 is 11.2 Å². The van der Waals surface area contributed by atoms with Crippen molar-refractivity contribution in [1.29, 1.82) is 0 Å². The Morgan fingerprint density at radius 2 is 2.15 bits per heavy atom. The second-order valence-corrected chi connectivity index (χ2v) is 5.44. The zero-order valence-electron chi connectivity index (χ0n) is 11.8. The number of aromatic nitrogens is 4. The Hall–Kier alpha value is -1.54. The maximum absolute atomic E-state index is 12.0. The van der Waals surface area contributed by atoms with Gasteiger partial charge in [-0.15, -0.1) is 0 Å². The highest BCUT2D eigenvalue weighted by Gasteiger charge is 2.17. The van der Waals surface area contributed by atoms with Crippen LogP contribution >= 0.6 is 11.8 Å². The van der Waals surface area contributed by atoms with E-state index in [1.807, 2.05) is 4.57 Å². The highest BCUT2D eigenvalue weighted by molar-refractivity contribution is 7.99. The number of fused-ring (bicyclic) bond motifs is 1. The molecule has 8 heteroatoms. The molecule has 0 aromatic carbocycles. The van der Waals surface area contributed by atoms with Crippen molar-refractivity contribution in [1.82, 2.24) is 19.1 Å². The van der Waals surface area contributed by atoms with Crippen molar-refractivity contribution >= 4 is 22.9 Å². The van der Waals surface area contributed by atoms with Crippen LogP contribution in [-0.4, -0.2) is 38.6 Å². The van der Waals surface area contributed by atoms with Gasteiger partial charge in [-0.05, 0) is 6.42 Å². The lowest BCUT2D eigenvalue weighted by Crippen LogP contribution is -2.29. The van der Waals surface area contributed by atoms with Crippen molar-refractivity contribution in [3.05, 3.63) is 20.8 Å². The molecule has 110 valence electrons. The van der Waals surface area contributed by atoms with E-state index in [4.69, 9.17) is 4.74 Å². The molecule has 0 spiro atoms. The minimum atomic E-state index is -0.453. The molecule has 0 saturated carbocycles. The number of ether oxygens (including phenoxy) is 1. The molecule has 0 saturated heterocycles. The van der Waals surface area contributed by atoms with E-state index in [2.05, 4.69) is 16.9 Å². The minimum absolute atomic E-state index is 0.407. The summed E-state index contributed by atoms with van der Waals surface area (Å²) in [5.74, 6) is 0.905. The Balaban J connectivity index is 2.65. The summed E-state index contributed by atoms with van der Waals surface area (Å²) in [7, 11) is 3.21. The predicted octanol–water partition coefficient (Wildman–Crippen LogP) is 0.572. The van der Waals surface area contributed by atoms with Crippen LogP contribution in [0.5, 0.6) is 0 Å². The monoisotopic (exact) mass is 298 g/mol. The van der Waals surface area contributed by atoms with Crippen LogP contribution in [0.15, 0.2) is 14.7 Å². The Kier molecular flexibility index (Phi) is 4.66. The van der Waals surface area contributed by atoms with E-state index in [1.54, 1.807) is 25.9 Å². The largest absolute Gasteiger partial charge is 0.383 e. The molecular formula is C12H18N4O3S. The van der Waals surface area contributed by atoms with E-state index in [9.17, 15) is 9.59 Å². The number of rotatable bonds is 6. The molecule has 0 bridgehead atoms. The van der Waals surface area contributed by atoms with Crippen LogP contribution in [0.1, 0.15) is 13.3 Å². The molecule has 0 radical (unpaired) electrons. The van der Waals surface area contributed by atoms with Crippen LogP contribution in [0.2, 0.25) is 0 Å². The lowest BCUT2D eigenvalue weighted by Gasteiger charge is -2.07. The zero-order chi connectivity index (χ0) is 14.7. The SMILES string of the molecule is CCCSc1nc2c(c(=O)[nH]c(=O)n2C)n1CCOC. The van der Waals surface area contributed by atoms with Crippen molar-refractivity contribution in [3.63, 3.8) is 0 Å². The molecule has 0 fully saturated rings. The molecule has 1 N–H and O–H groups in total. The van der Waals surface area contributed by atoms with E-state index in [-0.39, 0.29) is 0 Å². The van der Waals surface area contributed by atoms with Gasteiger partial charge < -0.3 is 9.30 Å². The van der Waals surface area contributed by atoms with Gasteiger partial charge in [-0.2, -0.15) is 0 Å². The molecule has 0 aliphatic carbocycles. The fraction of sp³-hybridized carbons (Fsp3) is 0.583. The van der Waals surface area contributed by atoms with Crippen LogP contribution in [0.3, 0.4) is 0 Å². The third kappa shape index (κ3) is 2.66. The number of hydrogen-bond donors (Lipinski definition) is 1. The first-order valence-electron chi connectivity index (χ1n) is 6.41. The highest BCUT2D eigenvalue weighted by atomic mass is 32.2. The molecule has 20 heavy (non-hydrogen) atoms. The number of aromatic amines is 1. The zero-order valence-corrected chi connectivity index (χ0v) is 12.6. The lowest BCUT2D eigenvalue weighted by atomic mass is 10.5. The van der Waals surface area contributed by atoms with Crippen molar-refractivity contribution in [3.8, 4) is 0 Å². The summed E-state index contributed by atoms with van der Waals surface area (Å²) in [6.45, 7) is 3.09. The molecule has 2 aromatic heterocycles. The first-order chi connectivity index (χ1) is 9.60. The van der Waals surface area contributed by atoms with Gasteiger partial charge in [0.2, 0.25) is 0 Å². The summed E-state index contributed by atoms with van der Waals surface area (Å²) in [6.07, 6.45) is 1.01. The summed E-state index contributed by atoms with van der Waals surface area (Å²) < 4.78 is 8.25. The van der Waals surface area contributed by atoms with Crippen molar-refractivity contribution in [2.75, 3.05) is 19.5 Å². The van der Waals surface area contributed by atoms with Gasteiger partial charge in [0, 0.05) is 26.5 Å². The first-order valence-corrected chi connectivity index (χ1v) is 7.40. The van der Waals surface area contributed by atoms with Crippen molar-refractivity contribution in [2.24, 2.45) is 7.05 Å². The van der Waals surface area contributed by atoms with Gasteiger partial charge in [0.15, 0.2) is 16.3 Å². The lowest BCUT2D eigenvalue weighted by molar-refractivity contribution is 0.186. The van der Waals surface area contributed by atoms with Crippen molar-refractivity contribution < 1.29 is 4.74 Å². The summed E-state index contributed by atoms with van der Waals surface area (Å²) in [6, 6.07) is 0. The quantitative estimate of drug-likeness (QED) is 0.789. The van der Waals surface area contributed by atoms with E-state index in [1.165, 1.54) is 4.57 Å². The number of nitrogens with one attached hydrogen (secondary N) is 1. The van der Waals surface area contributed by atoms with E-state index >= 15 is 0 Å². The Labute approximate surface area is 120 Å². The van der Waals surface area contributed by atoms with E-state index in [0.717, 1.165) is 17.3 Å². The van der Waals surface area contributed by atoms with E-state index in [0.29, 0.717) is 24.3 Å². The van der Waals surface area contributed by atoms with Gasteiger partial charge in [0.25, 0.3) is 5.56 Å². The number of hydrogen-bond acceptors (Lipinski definition) is 5. The normalized spacial score (nSPS) is 11.3. The van der Waals surface area contributed by atoms with Crippen molar-refractivity contribution in [2.45, 2.75) is 25.0 Å². The second kappa shape index (κ2) is 6.27. The fourth-order valence-corrected chi connectivity index (χ4v) is 2.78. The molecule has 2 heterocycles. The van der Waals surface area contributed by atoms with Gasteiger partial charge in [-0.1, -0.05) is 18.7 Å². The number of thioether (sulfide) groups is 1. The maximum Gasteiger partial charge on any atom is 0.329 e. The average Bonchev–Trinajstić information content (AvgIpc) is 2.79. The average molecular weight is 298 g/mol. The Morgan fingerprint density at radius 1 is 1.40 bits per heavy atom. The molecule has 7 nitrogen and oxygen atoms in total. The molecule has 0 aliphatic heterocycles. The third-order valence-corrected chi connectivity index (χ3v) is 4.11.